The standard InChI is InChI=1S/C19H22ClN5O4/c1-12-5-6-14(13(20)10-12)29-9-3-4-15(26)22-11-19(16-21-7-8-25(16)2)17(27)23-18(28)24-19/h5-8,10H,3-4,9,11H2,1-2H3,(H,22,26)(H2,23,24,27,28). The van der Waals surface area contributed by atoms with E-state index in [4.69, 9.17) is 16.3 Å². The van der Waals surface area contributed by atoms with Gasteiger partial charge in [-0.1, -0.05) is 17.7 Å². The van der Waals surface area contributed by atoms with Gasteiger partial charge in [-0.05, 0) is 31.0 Å². The van der Waals surface area contributed by atoms with E-state index in [2.05, 4.69) is 20.9 Å². The number of imidazole rings is 1. The molecule has 1 aliphatic heterocycles. The van der Waals surface area contributed by atoms with Gasteiger partial charge in [0.1, 0.15) is 11.6 Å². The highest BCUT2D eigenvalue weighted by atomic mass is 35.5. The molecule has 1 saturated heterocycles. The maximum Gasteiger partial charge on any atom is 0.322 e. The first-order chi connectivity index (χ1) is 13.8. The molecule has 2 heterocycles. The highest BCUT2D eigenvalue weighted by molar-refractivity contribution is 6.32. The largest absolute Gasteiger partial charge is 0.492 e. The number of nitrogens with one attached hydrogen (secondary N) is 3. The number of carbonyl (C=O) groups is 3. The van der Waals surface area contributed by atoms with E-state index in [-0.39, 0.29) is 18.9 Å². The number of benzene rings is 1. The molecule has 1 fully saturated rings. The van der Waals surface area contributed by atoms with Gasteiger partial charge in [-0.3, -0.25) is 14.9 Å². The first kappa shape index (κ1) is 20.7. The van der Waals surface area contributed by atoms with Crippen LogP contribution in [0.25, 0.3) is 0 Å². The third-order valence-corrected chi connectivity index (χ3v) is 4.88. The van der Waals surface area contributed by atoms with Crippen LogP contribution in [0.2, 0.25) is 5.02 Å². The summed E-state index contributed by atoms with van der Waals surface area (Å²) in [4.78, 5) is 40.5. The molecular weight excluding hydrogens is 398 g/mol. The molecule has 0 spiro atoms. The maximum atomic E-state index is 12.4. The molecule has 0 bridgehead atoms. The number of amides is 4. The number of hydrogen-bond donors (Lipinski definition) is 3. The van der Waals surface area contributed by atoms with Crippen molar-refractivity contribution in [2.75, 3.05) is 13.2 Å². The van der Waals surface area contributed by atoms with Gasteiger partial charge < -0.3 is 19.9 Å². The lowest BCUT2D eigenvalue weighted by Gasteiger charge is -2.25. The molecule has 2 aromatic rings. The molecule has 1 unspecified atom stereocenters. The highest BCUT2D eigenvalue weighted by Gasteiger charge is 2.50. The number of carbonyl (C=O) groups excluding carboxylic acids is 3. The van der Waals surface area contributed by atoms with E-state index in [1.165, 1.54) is 6.20 Å². The minimum Gasteiger partial charge on any atom is -0.492 e. The summed E-state index contributed by atoms with van der Waals surface area (Å²) in [6.07, 6.45) is 3.83. The molecule has 9 nitrogen and oxygen atoms in total. The van der Waals surface area contributed by atoms with Crippen molar-refractivity contribution in [1.29, 1.82) is 0 Å². The minimum atomic E-state index is -1.45. The molecule has 0 radical (unpaired) electrons. The van der Waals surface area contributed by atoms with Crippen LogP contribution < -0.4 is 20.7 Å². The van der Waals surface area contributed by atoms with Crippen molar-refractivity contribution in [3.8, 4) is 5.75 Å². The summed E-state index contributed by atoms with van der Waals surface area (Å²) < 4.78 is 7.22. The molecular formula is C19H22ClN5O4. The number of ether oxygens (including phenoxy) is 1. The fraction of sp³-hybridized carbons (Fsp3) is 0.368. The van der Waals surface area contributed by atoms with Crippen LogP contribution in [0.4, 0.5) is 4.79 Å². The Morgan fingerprint density at radius 1 is 1.38 bits per heavy atom. The summed E-state index contributed by atoms with van der Waals surface area (Å²) in [6.45, 7) is 2.14. The molecule has 1 aromatic carbocycles. The third kappa shape index (κ3) is 4.51. The quantitative estimate of drug-likeness (QED) is 0.442. The third-order valence-electron chi connectivity index (χ3n) is 4.59. The number of imide groups is 1. The summed E-state index contributed by atoms with van der Waals surface area (Å²) in [5.41, 5.74) is -0.414. The highest BCUT2D eigenvalue weighted by Crippen LogP contribution is 2.25. The summed E-state index contributed by atoms with van der Waals surface area (Å²) in [5, 5.41) is 8.00. The van der Waals surface area contributed by atoms with Crippen molar-refractivity contribution < 1.29 is 19.1 Å². The van der Waals surface area contributed by atoms with Gasteiger partial charge in [0.05, 0.1) is 18.2 Å². The Balaban J connectivity index is 1.53. The van der Waals surface area contributed by atoms with Gasteiger partial charge in [-0.25, -0.2) is 9.78 Å². The monoisotopic (exact) mass is 419 g/mol. The SMILES string of the molecule is Cc1ccc(OCCCC(=O)NCC2(c3nccn3C)NC(=O)NC2=O)c(Cl)c1. The molecule has 3 N–H and O–H groups in total. The predicted molar refractivity (Wildman–Crippen MR) is 105 cm³/mol. The average molecular weight is 420 g/mol. The van der Waals surface area contributed by atoms with Gasteiger partial charge in [0, 0.05) is 25.9 Å². The summed E-state index contributed by atoms with van der Waals surface area (Å²) >= 11 is 6.11. The molecule has 10 heteroatoms. The topological polar surface area (TPSA) is 114 Å². The second-order valence-corrected chi connectivity index (χ2v) is 7.25. The molecule has 3 rings (SSSR count). The van der Waals surface area contributed by atoms with E-state index in [0.29, 0.717) is 29.6 Å². The molecule has 4 amide bonds. The Kier molecular flexibility index (Phi) is 6.07. The second kappa shape index (κ2) is 8.52. The number of urea groups is 1. The second-order valence-electron chi connectivity index (χ2n) is 6.84. The van der Waals surface area contributed by atoms with Crippen LogP contribution in [-0.4, -0.2) is 40.5 Å². The predicted octanol–water partition coefficient (Wildman–Crippen LogP) is 1.39. The van der Waals surface area contributed by atoms with E-state index >= 15 is 0 Å². The van der Waals surface area contributed by atoms with Gasteiger partial charge >= 0.3 is 6.03 Å². The van der Waals surface area contributed by atoms with Crippen LogP contribution in [0.5, 0.6) is 5.75 Å². The Labute approximate surface area is 172 Å². The van der Waals surface area contributed by atoms with Crippen molar-refractivity contribution in [1.82, 2.24) is 25.5 Å². The fourth-order valence-electron chi connectivity index (χ4n) is 3.09. The van der Waals surface area contributed by atoms with E-state index in [0.717, 1.165) is 5.56 Å². The molecule has 1 aromatic heterocycles. The molecule has 0 aliphatic carbocycles. The number of hydrogen-bond acceptors (Lipinski definition) is 5. The minimum absolute atomic E-state index is 0.112. The summed E-state index contributed by atoms with van der Waals surface area (Å²) in [7, 11) is 1.71. The Morgan fingerprint density at radius 3 is 2.79 bits per heavy atom. The number of aromatic nitrogens is 2. The Bertz CT molecular complexity index is 944. The van der Waals surface area contributed by atoms with Crippen LogP contribution in [0, 0.1) is 6.92 Å². The van der Waals surface area contributed by atoms with Gasteiger partial charge in [-0.2, -0.15) is 0 Å². The zero-order valence-electron chi connectivity index (χ0n) is 16.1. The number of nitrogens with zero attached hydrogens (tertiary/aromatic N) is 2. The lowest BCUT2D eigenvalue weighted by atomic mass is 9.98. The normalized spacial score (nSPS) is 18.3. The van der Waals surface area contributed by atoms with Crippen LogP contribution in [0.3, 0.4) is 0 Å². The smallest absolute Gasteiger partial charge is 0.322 e. The molecule has 154 valence electrons. The number of halogens is 1. The number of aryl methyl sites for hydroxylation is 2. The zero-order chi connectivity index (χ0) is 21.0. The molecule has 0 saturated carbocycles. The first-order valence-corrected chi connectivity index (χ1v) is 9.46. The zero-order valence-corrected chi connectivity index (χ0v) is 16.9. The fourth-order valence-corrected chi connectivity index (χ4v) is 3.38. The molecule has 1 aliphatic rings. The van der Waals surface area contributed by atoms with Crippen LogP contribution in [0.1, 0.15) is 24.2 Å². The van der Waals surface area contributed by atoms with E-state index in [1.807, 2.05) is 19.1 Å². The number of rotatable bonds is 8. The molecule has 29 heavy (non-hydrogen) atoms. The van der Waals surface area contributed by atoms with Gasteiger partial charge in [-0.15, -0.1) is 0 Å². The van der Waals surface area contributed by atoms with E-state index in [9.17, 15) is 14.4 Å². The van der Waals surface area contributed by atoms with E-state index in [1.54, 1.807) is 23.9 Å². The average Bonchev–Trinajstić information content (AvgIpc) is 3.21. The first-order valence-electron chi connectivity index (χ1n) is 9.09. The molecule has 1 atom stereocenters. The lowest BCUT2D eigenvalue weighted by molar-refractivity contribution is -0.125. The Morgan fingerprint density at radius 2 is 2.17 bits per heavy atom. The van der Waals surface area contributed by atoms with Crippen molar-refractivity contribution in [3.05, 3.63) is 47.0 Å². The van der Waals surface area contributed by atoms with Crippen molar-refractivity contribution >= 4 is 29.4 Å². The van der Waals surface area contributed by atoms with Crippen LogP contribution in [-0.2, 0) is 22.2 Å². The van der Waals surface area contributed by atoms with Crippen molar-refractivity contribution in [3.63, 3.8) is 0 Å². The van der Waals surface area contributed by atoms with Gasteiger partial charge in [0.15, 0.2) is 5.54 Å². The van der Waals surface area contributed by atoms with Gasteiger partial charge in [0.2, 0.25) is 5.91 Å². The van der Waals surface area contributed by atoms with Crippen molar-refractivity contribution in [2.45, 2.75) is 25.3 Å². The summed E-state index contributed by atoms with van der Waals surface area (Å²) in [5.74, 6) is 0.0656. The van der Waals surface area contributed by atoms with E-state index < -0.39 is 17.5 Å². The Hall–Kier alpha value is -3.07. The maximum absolute atomic E-state index is 12.4. The van der Waals surface area contributed by atoms with Crippen LogP contribution >= 0.6 is 11.6 Å². The van der Waals surface area contributed by atoms with Crippen LogP contribution in [0.15, 0.2) is 30.6 Å². The summed E-state index contributed by atoms with van der Waals surface area (Å²) in [6, 6.07) is 4.86. The van der Waals surface area contributed by atoms with Gasteiger partial charge in [0.25, 0.3) is 5.91 Å². The lowest BCUT2D eigenvalue weighted by Crippen LogP contribution is -2.54. The van der Waals surface area contributed by atoms with Crippen molar-refractivity contribution in [2.24, 2.45) is 7.05 Å².